The van der Waals surface area contributed by atoms with Gasteiger partial charge in [-0.1, -0.05) is 53.5 Å². The van der Waals surface area contributed by atoms with Gasteiger partial charge in [-0.25, -0.2) is 0 Å². The largest absolute Gasteiger partial charge is 0.338 e. The van der Waals surface area contributed by atoms with E-state index in [0.29, 0.717) is 18.1 Å². The lowest BCUT2D eigenvalue weighted by Gasteiger charge is -2.17. The quantitative estimate of drug-likeness (QED) is 0.477. The van der Waals surface area contributed by atoms with Crippen LogP contribution in [-0.4, -0.2) is 34.3 Å². The molecule has 0 aromatic heterocycles. The van der Waals surface area contributed by atoms with E-state index in [2.05, 4.69) is 16.2 Å². The zero-order chi connectivity index (χ0) is 21.7. The molecular weight excluding hydrogens is 447 g/mol. The normalized spacial score (nSPS) is 15.6. The Bertz CT molecular complexity index is 987. The Morgan fingerprint density at radius 2 is 1.83 bits per heavy atom. The van der Waals surface area contributed by atoms with Gasteiger partial charge in [-0.05, 0) is 36.0 Å². The number of nitrogens with one attached hydrogen (secondary N) is 3. The first-order valence-corrected chi connectivity index (χ1v) is 10.2. The maximum Gasteiger partial charge on any atom is 0.258 e. The van der Waals surface area contributed by atoms with Crippen molar-refractivity contribution in [2.24, 2.45) is 5.92 Å². The topological polar surface area (TPSA) is 90.5 Å². The van der Waals surface area contributed by atoms with Crippen molar-refractivity contribution in [3.63, 3.8) is 0 Å². The van der Waals surface area contributed by atoms with Crippen molar-refractivity contribution in [3.05, 3.63) is 69.7 Å². The van der Waals surface area contributed by atoms with Gasteiger partial charge in [0.1, 0.15) is 0 Å². The molecule has 1 atom stereocenters. The fraction of sp³-hybridized carbons (Fsp3) is 0.200. The van der Waals surface area contributed by atoms with E-state index in [1.807, 2.05) is 30.3 Å². The molecular formula is C20H18Cl2N4O3S. The van der Waals surface area contributed by atoms with Crippen molar-refractivity contribution < 1.29 is 14.4 Å². The average molecular weight is 465 g/mol. The molecule has 0 aliphatic carbocycles. The van der Waals surface area contributed by atoms with E-state index in [4.69, 9.17) is 35.4 Å². The number of thiocarbonyl (C=S) groups is 1. The van der Waals surface area contributed by atoms with Gasteiger partial charge in [0.15, 0.2) is 5.11 Å². The van der Waals surface area contributed by atoms with E-state index in [9.17, 15) is 14.4 Å². The third kappa shape index (κ3) is 5.69. The molecule has 10 heteroatoms. The van der Waals surface area contributed by atoms with E-state index < -0.39 is 11.8 Å². The molecule has 0 bridgehead atoms. The first-order valence-electron chi connectivity index (χ1n) is 9.01. The Morgan fingerprint density at radius 3 is 2.53 bits per heavy atom. The summed E-state index contributed by atoms with van der Waals surface area (Å²) in [5.41, 5.74) is 6.09. The molecule has 1 saturated heterocycles. The summed E-state index contributed by atoms with van der Waals surface area (Å²) in [6, 6.07) is 14.0. The summed E-state index contributed by atoms with van der Waals surface area (Å²) in [5.74, 6) is -1.54. The van der Waals surface area contributed by atoms with Gasteiger partial charge in [-0.3, -0.25) is 30.6 Å². The molecule has 7 nitrogen and oxygen atoms in total. The maximum absolute atomic E-state index is 12.4. The zero-order valence-corrected chi connectivity index (χ0v) is 18.0. The van der Waals surface area contributed by atoms with Crippen molar-refractivity contribution in [1.29, 1.82) is 0 Å². The Hall–Kier alpha value is -2.68. The zero-order valence-electron chi connectivity index (χ0n) is 15.7. The number of likely N-dealkylation sites (tertiary alicyclic amines) is 1. The molecule has 1 fully saturated rings. The minimum atomic E-state index is -0.548. The van der Waals surface area contributed by atoms with Crippen LogP contribution in [0, 0.1) is 5.92 Å². The van der Waals surface area contributed by atoms with E-state index in [1.54, 1.807) is 4.90 Å². The molecule has 0 radical (unpaired) electrons. The van der Waals surface area contributed by atoms with E-state index in [-0.39, 0.29) is 33.9 Å². The lowest BCUT2D eigenvalue weighted by atomic mass is 10.1. The van der Waals surface area contributed by atoms with Gasteiger partial charge in [0.25, 0.3) is 5.91 Å². The van der Waals surface area contributed by atoms with Crippen LogP contribution in [0.1, 0.15) is 22.3 Å². The van der Waals surface area contributed by atoms with Crippen molar-refractivity contribution >= 4 is 58.3 Å². The fourth-order valence-corrected chi connectivity index (χ4v) is 3.64. The number of amides is 3. The molecule has 156 valence electrons. The molecule has 0 spiro atoms. The highest BCUT2D eigenvalue weighted by Crippen LogP contribution is 2.21. The molecule has 2 aromatic carbocycles. The van der Waals surface area contributed by atoms with Gasteiger partial charge >= 0.3 is 0 Å². The third-order valence-electron chi connectivity index (χ3n) is 4.50. The maximum atomic E-state index is 12.4. The molecule has 1 aliphatic rings. The number of rotatable bonds is 4. The molecule has 1 aliphatic heterocycles. The number of hydrazine groups is 1. The predicted molar refractivity (Wildman–Crippen MR) is 118 cm³/mol. The van der Waals surface area contributed by atoms with Crippen LogP contribution in [0.2, 0.25) is 10.0 Å². The average Bonchev–Trinajstić information content (AvgIpc) is 3.07. The molecule has 2 aromatic rings. The van der Waals surface area contributed by atoms with Gasteiger partial charge in [0, 0.05) is 24.5 Å². The Kier molecular flexibility index (Phi) is 7.25. The van der Waals surface area contributed by atoms with Crippen molar-refractivity contribution in [3.8, 4) is 0 Å². The van der Waals surface area contributed by atoms with Crippen LogP contribution in [0.5, 0.6) is 0 Å². The SMILES string of the molecule is O=C(NC(=S)NNC(=O)C1CC(=O)N(Cc2ccccc2)C1)c1ccc(Cl)cc1Cl. The Balaban J connectivity index is 1.47. The number of halogens is 2. The molecule has 0 saturated carbocycles. The molecule has 1 unspecified atom stereocenters. The summed E-state index contributed by atoms with van der Waals surface area (Å²) in [7, 11) is 0. The van der Waals surface area contributed by atoms with Crippen LogP contribution >= 0.6 is 35.4 Å². The van der Waals surface area contributed by atoms with Crippen molar-refractivity contribution in [2.45, 2.75) is 13.0 Å². The molecule has 1 heterocycles. The second kappa shape index (κ2) is 9.88. The first-order chi connectivity index (χ1) is 14.3. The van der Waals surface area contributed by atoms with E-state index in [0.717, 1.165) is 5.56 Å². The lowest BCUT2D eigenvalue weighted by molar-refractivity contribution is -0.129. The monoisotopic (exact) mass is 464 g/mol. The summed E-state index contributed by atoms with van der Waals surface area (Å²) in [4.78, 5) is 38.4. The highest BCUT2D eigenvalue weighted by Gasteiger charge is 2.34. The van der Waals surface area contributed by atoms with Gasteiger partial charge in [0.2, 0.25) is 11.8 Å². The first kappa shape index (κ1) is 22.0. The van der Waals surface area contributed by atoms with Crippen molar-refractivity contribution in [1.82, 2.24) is 21.1 Å². The smallest absolute Gasteiger partial charge is 0.258 e. The minimum Gasteiger partial charge on any atom is -0.338 e. The third-order valence-corrected chi connectivity index (χ3v) is 5.26. The summed E-state index contributed by atoms with van der Waals surface area (Å²) >= 11 is 16.8. The number of benzene rings is 2. The Morgan fingerprint density at radius 1 is 1.10 bits per heavy atom. The fourth-order valence-electron chi connectivity index (χ4n) is 3.00. The number of hydrogen-bond acceptors (Lipinski definition) is 4. The number of carbonyl (C=O) groups is 3. The molecule has 3 N–H and O–H groups in total. The summed E-state index contributed by atoms with van der Waals surface area (Å²) < 4.78 is 0. The highest BCUT2D eigenvalue weighted by molar-refractivity contribution is 7.80. The summed E-state index contributed by atoms with van der Waals surface area (Å²) in [6.45, 7) is 0.758. The number of carbonyl (C=O) groups excluding carboxylic acids is 3. The van der Waals surface area contributed by atoms with Crippen molar-refractivity contribution in [2.75, 3.05) is 6.54 Å². The predicted octanol–water partition coefficient (Wildman–Crippen LogP) is 2.68. The van der Waals surface area contributed by atoms with E-state index >= 15 is 0 Å². The van der Waals surface area contributed by atoms with Crippen LogP contribution < -0.4 is 16.2 Å². The minimum absolute atomic E-state index is 0.0905. The summed E-state index contributed by atoms with van der Waals surface area (Å²) in [5, 5.41) is 2.88. The van der Waals surface area contributed by atoms with Crippen LogP contribution in [0.3, 0.4) is 0 Å². The lowest BCUT2D eigenvalue weighted by Crippen LogP contribution is -2.50. The second-order valence-electron chi connectivity index (χ2n) is 6.68. The van der Waals surface area contributed by atoms with E-state index in [1.165, 1.54) is 18.2 Å². The molecule has 3 amide bonds. The van der Waals surface area contributed by atoms with Crippen LogP contribution in [0.25, 0.3) is 0 Å². The molecule has 30 heavy (non-hydrogen) atoms. The van der Waals surface area contributed by atoms with Crippen LogP contribution in [-0.2, 0) is 16.1 Å². The van der Waals surface area contributed by atoms with Crippen LogP contribution in [0.4, 0.5) is 0 Å². The van der Waals surface area contributed by atoms with Gasteiger partial charge in [-0.2, -0.15) is 0 Å². The number of hydrogen-bond donors (Lipinski definition) is 3. The standard InChI is InChI=1S/C20H18Cl2N4O3S/c21-14-6-7-15(16(22)9-14)19(29)23-20(30)25-24-18(28)13-8-17(27)26(11-13)10-12-4-2-1-3-5-12/h1-7,9,13H,8,10-11H2,(H,24,28)(H2,23,25,29,30). The Labute approximate surface area is 188 Å². The highest BCUT2D eigenvalue weighted by atomic mass is 35.5. The van der Waals surface area contributed by atoms with Gasteiger partial charge < -0.3 is 4.90 Å². The second-order valence-corrected chi connectivity index (χ2v) is 7.93. The van der Waals surface area contributed by atoms with Gasteiger partial charge in [-0.15, -0.1) is 0 Å². The van der Waals surface area contributed by atoms with Crippen LogP contribution in [0.15, 0.2) is 48.5 Å². The summed E-state index contributed by atoms with van der Waals surface area (Å²) in [6.07, 6.45) is 0.111. The number of nitrogens with zero attached hydrogens (tertiary/aromatic N) is 1. The van der Waals surface area contributed by atoms with Gasteiger partial charge in [0.05, 0.1) is 16.5 Å². The molecule has 3 rings (SSSR count).